The SMILES string of the molecule is CC(C)C(=CC#N)C(F)F. The molecule has 0 atom stereocenters. The van der Waals surface area contributed by atoms with Gasteiger partial charge < -0.3 is 0 Å². The molecule has 0 aromatic carbocycles. The molecule has 3 heteroatoms. The second kappa shape index (κ2) is 3.99. The summed E-state index contributed by atoms with van der Waals surface area (Å²) in [6.07, 6.45) is -1.59. The number of rotatable bonds is 2. The molecule has 0 saturated heterocycles. The summed E-state index contributed by atoms with van der Waals surface area (Å²) < 4.78 is 23.8. The van der Waals surface area contributed by atoms with Crippen LogP contribution in [0, 0.1) is 17.2 Å². The fourth-order valence-electron chi connectivity index (χ4n) is 0.556. The van der Waals surface area contributed by atoms with Crippen molar-refractivity contribution in [3.05, 3.63) is 11.6 Å². The van der Waals surface area contributed by atoms with Crippen molar-refractivity contribution in [2.45, 2.75) is 20.3 Å². The van der Waals surface area contributed by atoms with Gasteiger partial charge in [0.2, 0.25) is 0 Å². The lowest BCUT2D eigenvalue weighted by molar-refractivity contribution is 0.178. The first-order chi connectivity index (χ1) is 4.59. The molecule has 0 aromatic rings. The number of nitriles is 1. The predicted octanol–water partition coefficient (Wildman–Crippen LogP) is 2.36. The molecule has 0 heterocycles. The minimum Gasteiger partial charge on any atom is -0.205 e. The number of hydrogen-bond acceptors (Lipinski definition) is 1. The molecule has 10 heavy (non-hydrogen) atoms. The van der Waals surface area contributed by atoms with Crippen molar-refractivity contribution in [3.8, 4) is 6.07 Å². The Bertz CT molecular complexity index is 155. The number of allylic oxidation sites excluding steroid dienone is 2. The van der Waals surface area contributed by atoms with Crippen LogP contribution in [-0.4, -0.2) is 6.43 Å². The van der Waals surface area contributed by atoms with Gasteiger partial charge in [-0.1, -0.05) is 13.8 Å². The summed E-state index contributed by atoms with van der Waals surface area (Å²) in [7, 11) is 0. The average Bonchev–Trinajstić information content (AvgIpc) is 1.81. The van der Waals surface area contributed by atoms with Gasteiger partial charge in [-0.15, -0.1) is 0 Å². The third-order valence-corrected chi connectivity index (χ3v) is 1.15. The quantitative estimate of drug-likeness (QED) is 0.547. The molecule has 0 aromatic heterocycles. The van der Waals surface area contributed by atoms with E-state index in [2.05, 4.69) is 0 Å². The summed E-state index contributed by atoms with van der Waals surface area (Å²) in [4.78, 5) is 0. The van der Waals surface area contributed by atoms with Crippen molar-refractivity contribution in [1.82, 2.24) is 0 Å². The van der Waals surface area contributed by atoms with Crippen molar-refractivity contribution < 1.29 is 8.78 Å². The van der Waals surface area contributed by atoms with E-state index in [0.717, 1.165) is 6.08 Å². The molecule has 0 amide bonds. The van der Waals surface area contributed by atoms with E-state index < -0.39 is 6.43 Å². The molecule has 0 unspecified atom stereocenters. The summed E-state index contributed by atoms with van der Waals surface area (Å²) in [5.74, 6) is -0.250. The highest BCUT2D eigenvalue weighted by Gasteiger charge is 2.13. The molecule has 1 nitrogen and oxygen atoms in total. The van der Waals surface area contributed by atoms with Gasteiger partial charge in [-0.05, 0) is 5.92 Å². The maximum Gasteiger partial charge on any atom is 0.261 e. The lowest BCUT2D eigenvalue weighted by Gasteiger charge is -2.06. The maximum absolute atomic E-state index is 11.9. The molecule has 56 valence electrons. The number of halogens is 2. The predicted molar refractivity (Wildman–Crippen MR) is 34.5 cm³/mol. The maximum atomic E-state index is 11.9. The highest BCUT2D eigenvalue weighted by atomic mass is 19.3. The zero-order valence-corrected chi connectivity index (χ0v) is 5.94. The number of nitrogens with zero attached hydrogens (tertiary/aromatic N) is 1. The normalized spacial score (nSPS) is 12.3. The van der Waals surface area contributed by atoms with E-state index in [0.29, 0.717) is 0 Å². The first-order valence-electron chi connectivity index (χ1n) is 2.97. The number of alkyl halides is 2. The van der Waals surface area contributed by atoms with Crippen molar-refractivity contribution in [2.24, 2.45) is 5.92 Å². The molecule has 0 aliphatic carbocycles. The fraction of sp³-hybridized carbons (Fsp3) is 0.571. The van der Waals surface area contributed by atoms with Gasteiger partial charge in [-0.25, -0.2) is 8.78 Å². The van der Waals surface area contributed by atoms with Crippen LogP contribution in [0.25, 0.3) is 0 Å². The summed E-state index contributed by atoms with van der Waals surface area (Å²) in [6, 6.07) is 1.59. The molecule has 0 N–H and O–H groups in total. The third kappa shape index (κ3) is 2.58. The Morgan fingerprint density at radius 1 is 1.50 bits per heavy atom. The molecule has 0 bridgehead atoms. The van der Waals surface area contributed by atoms with Crippen molar-refractivity contribution in [3.63, 3.8) is 0 Å². The minimum atomic E-state index is -2.50. The van der Waals surface area contributed by atoms with Gasteiger partial charge in [0.15, 0.2) is 0 Å². The Morgan fingerprint density at radius 3 is 2.10 bits per heavy atom. The second-order valence-electron chi connectivity index (χ2n) is 2.23. The summed E-state index contributed by atoms with van der Waals surface area (Å²) in [6.45, 7) is 3.27. The lowest BCUT2D eigenvalue weighted by Crippen LogP contribution is -2.03. The molecular formula is C7H9F2N. The third-order valence-electron chi connectivity index (χ3n) is 1.15. The van der Waals surface area contributed by atoms with Crippen molar-refractivity contribution in [1.29, 1.82) is 5.26 Å². The van der Waals surface area contributed by atoms with Crippen LogP contribution in [0.15, 0.2) is 11.6 Å². The average molecular weight is 145 g/mol. The summed E-state index contributed by atoms with van der Waals surface area (Å²) in [5.41, 5.74) is -0.0949. The zero-order chi connectivity index (χ0) is 8.15. The zero-order valence-electron chi connectivity index (χ0n) is 5.94. The van der Waals surface area contributed by atoms with E-state index in [1.807, 2.05) is 0 Å². The number of hydrogen-bond donors (Lipinski definition) is 0. The molecule has 0 aliphatic rings. The molecule has 0 rings (SSSR count). The smallest absolute Gasteiger partial charge is 0.205 e. The Morgan fingerprint density at radius 2 is 2.00 bits per heavy atom. The van der Waals surface area contributed by atoms with Crippen molar-refractivity contribution >= 4 is 0 Å². The van der Waals surface area contributed by atoms with E-state index in [1.54, 1.807) is 19.9 Å². The van der Waals surface area contributed by atoms with Crippen molar-refractivity contribution in [2.75, 3.05) is 0 Å². The molecule has 0 fully saturated rings. The van der Waals surface area contributed by atoms with Gasteiger partial charge in [0.05, 0.1) is 6.07 Å². The van der Waals surface area contributed by atoms with Crippen LogP contribution in [0.2, 0.25) is 0 Å². The van der Waals surface area contributed by atoms with Gasteiger partial charge in [-0.2, -0.15) is 5.26 Å². The van der Waals surface area contributed by atoms with E-state index in [9.17, 15) is 8.78 Å². The van der Waals surface area contributed by atoms with Crippen LogP contribution in [-0.2, 0) is 0 Å². The molecular weight excluding hydrogens is 136 g/mol. The van der Waals surface area contributed by atoms with E-state index in [4.69, 9.17) is 5.26 Å². The van der Waals surface area contributed by atoms with Gasteiger partial charge in [0.1, 0.15) is 0 Å². The van der Waals surface area contributed by atoms with Gasteiger partial charge >= 0.3 is 0 Å². The van der Waals surface area contributed by atoms with Gasteiger partial charge in [0.25, 0.3) is 6.43 Å². The van der Waals surface area contributed by atoms with Crippen LogP contribution in [0.3, 0.4) is 0 Å². The Hall–Kier alpha value is -0.910. The van der Waals surface area contributed by atoms with Gasteiger partial charge in [-0.3, -0.25) is 0 Å². The van der Waals surface area contributed by atoms with Crippen LogP contribution in [0.1, 0.15) is 13.8 Å². The van der Waals surface area contributed by atoms with Crippen LogP contribution < -0.4 is 0 Å². The highest BCUT2D eigenvalue weighted by Crippen LogP contribution is 2.17. The fourth-order valence-corrected chi connectivity index (χ4v) is 0.556. The topological polar surface area (TPSA) is 23.8 Å². The molecule has 0 spiro atoms. The van der Waals surface area contributed by atoms with E-state index in [-0.39, 0.29) is 11.5 Å². The van der Waals surface area contributed by atoms with E-state index >= 15 is 0 Å². The van der Waals surface area contributed by atoms with Crippen LogP contribution in [0.4, 0.5) is 8.78 Å². The largest absolute Gasteiger partial charge is 0.261 e. The lowest BCUT2D eigenvalue weighted by atomic mass is 10.0. The first-order valence-corrected chi connectivity index (χ1v) is 2.97. The Labute approximate surface area is 59.0 Å². The summed E-state index contributed by atoms with van der Waals surface area (Å²) in [5, 5.41) is 8.07. The summed E-state index contributed by atoms with van der Waals surface area (Å²) >= 11 is 0. The monoisotopic (exact) mass is 145 g/mol. The Balaban J connectivity index is 4.30. The minimum absolute atomic E-state index is 0.0949. The highest BCUT2D eigenvalue weighted by molar-refractivity contribution is 5.17. The van der Waals surface area contributed by atoms with E-state index in [1.165, 1.54) is 0 Å². The van der Waals surface area contributed by atoms with Gasteiger partial charge in [0, 0.05) is 11.6 Å². The molecule has 0 radical (unpaired) electrons. The standard InChI is InChI=1S/C7H9F2N/c1-5(2)6(3-4-10)7(8)9/h3,5,7H,1-2H3. The Kier molecular flexibility index (Phi) is 3.63. The molecule has 0 aliphatic heterocycles. The van der Waals surface area contributed by atoms with Crippen LogP contribution >= 0.6 is 0 Å². The molecule has 0 saturated carbocycles. The first kappa shape index (κ1) is 9.09. The van der Waals surface area contributed by atoms with Crippen LogP contribution in [0.5, 0.6) is 0 Å². The second-order valence-corrected chi connectivity index (χ2v) is 2.23.